The predicted molar refractivity (Wildman–Crippen MR) is 122 cm³/mol. The van der Waals surface area contributed by atoms with E-state index >= 15 is 0 Å². The first-order chi connectivity index (χ1) is 14.0. The van der Waals surface area contributed by atoms with Gasteiger partial charge < -0.3 is 4.90 Å². The molecule has 4 nitrogen and oxygen atoms in total. The van der Waals surface area contributed by atoms with Crippen LogP contribution in [0.15, 0.2) is 12.4 Å². The fourth-order valence-electron chi connectivity index (χ4n) is 4.69. The Kier molecular flexibility index (Phi) is 11.0. The summed E-state index contributed by atoms with van der Waals surface area (Å²) in [5, 5.41) is 4.66. The third-order valence-electron chi connectivity index (χ3n) is 6.68. The second-order valence-corrected chi connectivity index (χ2v) is 9.46. The van der Waals surface area contributed by atoms with Gasteiger partial charge in [0, 0.05) is 31.6 Å². The number of ketones is 1. The third-order valence-corrected chi connectivity index (χ3v) is 6.68. The maximum absolute atomic E-state index is 12.2. The normalized spacial score (nSPS) is 19.9. The molecule has 0 aliphatic carbocycles. The van der Waals surface area contributed by atoms with Gasteiger partial charge in [0.15, 0.2) is 0 Å². The van der Waals surface area contributed by atoms with E-state index in [9.17, 15) is 4.79 Å². The van der Waals surface area contributed by atoms with E-state index in [0.29, 0.717) is 17.6 Å². The number of Topliss-reactive ketones (excluding diaryl/α,β-unsaturated/α-hetero) is 1. The minimum absolute atomic E-state index is 0.243. The van der Waals surface area contributed by atoms with E-state index in [4.69, 9.17) is 0 Å². The van der Waals surface area contributed by atoms with Gasteiger partial charge in [-0.15, -0.1) is 0 Å². The number of likely N-dealkylation sites (tertiary alicyclic amines) is 1. The van der Waals surface area contributed by atoms with Crippen molar-refractivity contribution in [2.45, 2.75) is 104 Å². The lowest BCUT2D eigenvalue weighted by atomic mass is 9.96. The summed E-state index contributed by atoms with van der Waals surface area (Å²) in [6, 6.07) is 0. The Morgan fingerprint density at radius 1 is 1.17 bits per heavy atom. The van der Waals surface area contributed by atoms with Crippen molar-refractivity contribution in [1.82, 2.24) is 14.7 Å². The van der Waals surface area contributed by atoms with Crippen molar-refractivity contribution < 1.29 is 4.79 Å². The van der Waals surface area contributed by atoms with Crippen molar-refractivity contribution in [3.05, 3.63) is 18.0 Å². The zero-order valence-corrected chi connectivity index (χ0v) is 19.5. The van der Waals surface area contributed by atoms with Gasteiger partial charge in [0.25, 0.3) is 0 Å². The topological polar surface area (TPSA) is 38.1 Å². The number of aromatic nitrogens is 2. The van der Waals surface area contributed by atoms with Crippen LogP contribution >= 0.6 is 0 Å². The SMILES string of the molecule is CCCCCC(C)c1cnn(C[C@@H]2CCCN(CCCC(=O)C(C)CCC)C2)c1. The highest BCUT2D eigenvalue weighted by molar-refractivity contribution is 5.80. The molecule has 3 atom stereocenters. The van der Waals surface area contributed by atoms with Gasteiger partial charge >= 0.3 is 0 Å². The molecule has 1 aromatic heterocycles. The molecule has 0 amide bonds. The summed E-state index contributed by atoms with van der Waals surface area (Å²) in [6.07, 6.45) is 16.0. The van der Waals surface area contributed by atoms with Gasteiger partial charge in [-0.25, -0.2) is 0 Å². The Hall–Kier alpha value is -1.16. The molecule has 1 aromatic rings. The van der Waals surface area contributed by atoms with E-state index in [-0.39, 0.29) is 5.92 Å². The average molecular weight is 404 g/mol. The summed E-state index contributed by atoms with van der Waals surface area (Å²) in [7, 11) is 0. The largest absolute Gasteiger partial charge is 0.303 e. The minimum Gasteiger partial charge on any atom is -0.303 e. The van der Waals surface area contributed by atoms with E-state index in [1.807, 2.05) is 0 Å². The highest BCUT2D eigenvalue weighted by Gasteiger charge is 2.21. The van der Waals surface area contributed by atoms with Crippen LogP contribution in [0.5, 0.6) is 0 Å². The zero-order chi connectivity index (χ0) is 21.1. The first-order valence-corrected chi connectivity index (χ1v) is 12.3. The van der Waals surface area contributed by atoms with Crippen LogP contribution in [-0.4, -0.2) is 40.1 Å². The first kappa shape index (κ1) is 24.1. The molecular formula is C25H45N3O. The van der Waals surface area contributed by atoms with Gasteiger partial charge in [0.1, 0.15) is 5.78 Å². The van der Waals surface area contributed by atoms with Gasteiger partial charge in [-0.05, 0) is 62.6 Å². The molecule has 0 aromatic carbocycles. The number of rotatable bonds is 14. The Labute approximate surface area is 179 Å². The molecule has 0 saturated carbocycles. The van der Waals surface area contributed by atoms with Crippen LogP contribution in [-0.2, 0) is 11.3 Å². The summed E-state index contributed by atoms with van der Waals surface area (Å²) >= 11 is 0. The smallest absolute Gasteiger partial charge is 0.135 e. The van der Waals surface area contributed by atoms with E-state index in [0.717, 1.165) is 45.3 Å². The summed E-state index contributed by atoms with van der Waals surface area (Å²) < 4.78 is 2.18. The van der Waals surface area contributed by atoms with Crippen molar-refractivity contribution in [3.8, 4) is 0 Å². The van der Waals surface area contributed by atoms with Crippen LogP contribution in [0.25, 0.3) is 0 Å². The molecule has 2 rings (SSSR count). The molecule has 1 fully saturated rings. The average Bonchev–Trinajstić information content (AvgIpc) is 3.17. The molecule has 0 bridgehead atoms. The minimum atomic E-state index is 0.243. The van der Waals surface area contributed by atoms with E-state index in [2.05, 4.69) is 54.8 Å². The number of nitrogens with zero attached hydrogens (tertiary/aromatic N) is 3. The molecule has 0 N–H and O–H groups in total. The Balaban J connectivity index is 1.72. The molecule has 29 heavy (non-hydrogen) atoms. The maximum atomic E-state index is 12.2. The summed E-state index contributed by atoms with van der Waals surface area (Å²) in [6.45, 7) is 13.3. The summed E-state index contributed by atoms with van der Waals surface area (Å²) in [5.41, 5.74) is 1.40. The molecular weight excluding hydrogens is 358 g/mol. The third kappa shape index (κ3) is 8.62. The first-order valence-electron chi connectivity index (χ1n) is 12.3. The molecule has 0 spiro atoms. The number of piperidine rings is 1. The van der Waals surface area contributed by atoms with Crippen molar-refractivity contribution in [3.63, 3.8) is 0 Å². The number of hydrogen-bond acceptors (Lipinski definition) is 3. The second-order valence-electron chi connectivity index (χ2n) is 9.46. The lowest BCUT2D eigenvalue weighted by Crippen LogP contribution is -2.37. The number of carbonyl (C=O) groups is 1. The molecule has 1 aliphatic rings. The van der Waals surface area contributed by atoms with Crippen molar-refractivity contribution in [2.75, 3.05) is 19.6 Å². The van der Waals surface area contributed by atoms with Gasteiger partial charge in [0.2, 0.25) is 0 Å². The molecule has 2 heterocycles. The zero-order valence-electron chi connectivity index (χ0n) is 19.5. The highest BCUT2D eigenvalue weighted by atomic mass is 16.1. The van der Waals surface area contributed by atoms with Crippen LogP contribution < -0.4 is 0 Å². The van der Waals surface area contributed by atoms with Crippen molar-refractivity contribution in [2.24, 2.45) is 11.8 Å². The van der Waals surface area contributed by atoms with Crippen LogP contribution in [0.1, 0.15) is 103 Å². The lowest BCUT2D eigenvalue weighted by Gasteiger charge is -2.32. The van der Waals surface area contributed by atoms with E-state index < -0.39 is 0 Å². The Morgan fingerprint density at radius 3 is 2.76 bits per heavy atom. The van der Waals surface area contributed by atoms with Gasteiger partial charge in [-0.2, -0.15) is 5.10 Å². The predicted octanol–water partition coefficient (Wildman–Crippen LogP) is 6.06. The molecule has 166 valence electrons. The highest BCUT2D eigenvalue weighted by Crippen LogP contribution is 2.23. The molecule has 0 radical (unpaired) electrons. The van der Waals surface area contributed by atoms with Crippen molar-refractivity contribution >= 4 is 5.78 Å². The molecule has 1 saturated heterocycles. The number of hydrogen-bond donors (Lipinski definition) is 0. The van der Waals surface area contributed by atoms with Crippen LogP contribution in [0.2, 0.25) is 0 Å². The second kappa shape index (κ2) is 13.2. The van der Waals surface area contributed by atoms with Crippen molar-refractivity contribution in [1.29, 1.82) is 0 Å². The Bertz CT molecular complexity index is 582. The van der Waals surface area contributed by atoms with E-state index in [1.54, 1.807) is 0 Å². The quantitative estimate of drug-likeness (QED) is 0.354. The summed E-state index contributed by atoms with van der Waals surface area (Å²) in [5.74, 6) is 2.00. The van der Waals surface area contributed by atoms with Crippen LogP contribution in [0.3, 0.4) is 0 Å². The van der Waals surface area contributed by atoms with E-state index in [1.165, 1.54) is 50.6 Å². The lowest BCUT2D eigenvalue weighted by molar-refractivity contribution is -0.122. The number of unbranched alkanes of at least 4 members (excludes halogenated alkanes) is 2. The molecule has 4 heteroatoms. The monoisotopic (exact) mass is 403 g/mol. The standard InChI is InChI=1S/C25H45N3O/c1-5-7-8-12-21(3)24-17-26-28(20-24)19-23-13-9-15-27(18-23)16-10-14-25(29)22(4)11-6-2/h17,20-23H,5-16,18-19H2,1-4H3/t21?,22?,23-/m1/s1. The Morgan fingerprint density at radius 2 is 2.00 bits per heavy atom. The van der Waals surface area contributed by atoms with Gasteiger partial charge in [-0.1, -0.05) is 53.4 Å². The van der Waals surface area contributed by atoms with Crippen LogP contribution in [0.4, 0.5) is 0 Å². The number of carbonyl (C=O) groups excluding carboxylic acids is 1. The van der Waals surface area contributed by atoms with Crippen LogP contribution in [0, 0.1) is 11.8 Å². The maximum Gasteiger partial charge on any atom is 0.135 e. The molecule has 1 aliphatic heterocycles. The fraction of sp³-hybridized carbons (Fsp3) is 0.840. The fourth-order valence-corrected chi connectivity index (χ4v) is 4.69. The van der Waals surface area contributed by atoms with Gasteiger partial charge in [-0.3, -0.25) is 9.48 Å². The molecule has 2 unspecified atom stereocenters. The summed E-state index contributed by atoms with van der Waals surface area (Å²) in [4.78, 5) is 14.8. The van der Waals surface area contributed by atoms with Gasteiger partial charge in [0.05, 0.1) is 6.20 Å².